The van der Waals surface area contributed by atoms with Gasteiger partial charge < -0.3 is 5.32 Å². The van der Waals surface area contributed by atoms with Gasteiger partial charge in [0.05, 0.1) is 4.92 Å². The van der Waals surface area contributed by atoms with E-state index in [1.807, 2.05) is 0 Å². The molecule has 0 saturated carbocycles. The van der Waals surface area contributed by atoms with Crippen LogP contribution in [0.3, 0.4) is 0 Å². The number of hydrogen-bond acceptors (Lipinski definition) is 4. The number of benzene rings is 1. The van der Waals surface area contributed by atoms with Gasteiger partial charge in [-0.1, -0.05) is 12.1 Å². The third kappa shape index (κ3) is 2.87. The Hall–Kier alpha value is -2.05. The number of pyridine rings is 1. The summed E-state index contributed by atoms with van der Waals surface area (Å²) < 4.78 is 14.2. The summed E-state index contributed by atoms with van der Waals surface area (Å²) in [5, 5.41) is 14.5. The lowest BCUT2D eigenvalue weighted by Gasteiger charge is -2.20. The molecule has 0 spiro atoms. The smallest absolute Gasteiger partial charge is 0.270 e. The maximum absolute atomic E-state index is 14.2. The maximum atomic E-state index is 14.2. The van der Waals surface area contributed by atoms with Gasteiger partial charge >= 0.3 is 0 Å². The van der Waals surface area contributed by atoms with Crippen LogP contribution in [0.1, 0.15) is 30.7 Å². The summed E-state index contributed by atoms with van der Waals surface area (Å²) in [5.41, 5.74) is 1.78. The zero-order chi connectivity index (χ0) is 16.0. The van der Waals surface area contributed by atoms with Crippen LogP contribution < -0.4 is 5.32 Å². The molecular formula is C17H17ClFN3O2. The summed E-state index contributed by atoms with van der Waals surface area (Å²) in [6, 6.07) is 8.83. The highest BCUT2D eigenvalue weighted by molar-refractivity contribution is 5.85. The number of rotatable bonds is 3. The molecule has 24 heavy (non-hydrogen) atoms. The Balaban J connectivity index is 0.00000169. The molecule has 0 amide bonds. The monoisotopic (exact) mass is 349 g/mol. The van der Waals surface area contributed by atoms with Crippen LogP contribution in [-0.4, -0.2) is 22.0 Å². The van der Waals surface area contributed by atoms with Crippen LogP contribution in [-0.2, 0) is 0 Å². The van der Waals surface area contributed by atoms with E-state index in [2.05, 4.69) is 10.3 Å². The van der Waals surface area contributed by atoms with Crippen LogP contribution in [0.5, 0.6) is 0 Å². The van der Waals surface area contributed by atoms with Gasteiger partial charge in [0.1, 0.15) is 0 Å². The van der Waals surface area contributed by atoms with E-state index in [4.69, 9.17) is 0 Å². The van der Waals surface area contributed by atoms with Gasteiger partial charge in [0.25, 0.3) is 5.69 Å². The molecule has 3 atom stereocenters. The molecule has 3 unspecified atom stereocenters. The van der Waals surface area contributed by atoms with Gasteiger partial charge in [0, 0.05) is 41.9 Å². The van der Waals surface area contributed by atoms with E-state index < -0.39 is 10.9 Å². The molecule has 5 nitrogen and oxygen atoms in total. The normalized spacial score (nSPS) is 24.6. The molecule has 2 bridgehead atoms. The van der Waals surface area contributed by atoms with Crippen LogP contribution in [0.15, 0.2) is 36.5 Å². The van der Waals surface area contributed by atoms with Crippen molar-refractivity contribution in [2.24, 2.45) is 0 Å². The predicted molar refractivity (Wildman–Crippen MR) is 90.8 cm³/mol. The number of nitrogens with one attached hydrogen (secondary N) is 1. The SMILES string of the molecule is Cl.O=[N+]([O-])c1cccc(-c2cc(C3CC4CCC3N4)cnc2F)c1. The van der Waals surface area contributed by atoms with Crippen molar-refractivity contribution >= 4 is 18.1 Å². The third-order valence-electron chi connectivity index (χ3n) is 4.96. The fraction of sp³-hybridized carbons (Fsp3) is 0.353. The number of non-ortho nitro benzene ring substituents is 1. The van der Waals surface area contributed by atoms with Crippen molar-refractivity contribution in [3.8, 4) is 11.1 Å². The summed E-state index contributed by atoms with van der Waals surface area (Å²) in [6.07, 6.45) is 4.99. The molecule has 1 aromatic carbocycles. The van der Waals surface area contributed by atoms with Crippen LogP contribution >= 0.6 is 12.4 Å². The summed E-state index contributed by atoms with van der Waals surface area (Å²) in [4.78, 5) is 14.3. The van der Waals surface area contributed by atoms with Gasteiger partial charge in [-0.2, -0.15) is 4.39 Å². The second-order valence-electron chi connectivity index (χ2n) is 6.30. The second-order valence-corrected chi connectivity index (χ2v) is 6.30. The lowest BCUT2D eigenvalue weighted by Crippen LogP contribution is -2.21. The fourth-order valence-electron chi connectivity index (χ4n) is 3.85. The van der Waals surface area contributed by atoms with Crippen molar-refractivity contribution in [1.82, 2.24) is 10.3 Å². The van der Waals surface area contributed by atoms with Crippen LogP contribution in [0, 0.1) is 16.1 Å². The van der Waals surface area contributed by atoms with Crippen LogP contribution in [0.4, 0.5) is 10.1 Å². The van der Waals surface area contributed by atoms with Gasteiger partial charge in [0.15, 0.2) is 0 Å². The first kappa shape index (κ1) is 16.8. The Bertz CT molecular complexity index is 786. The first-order valence-corrected chi connectivity index (χ1v) is 7.78. The highest BCUT2D eigenvalue weighted by atomic mass is 35.5. The number of hydrogen-bond donors (Lipinski definition) is 1. The van der Waals surface area contributed by atoms with Crippen LogP contribution in [0.2, 0.25) is 0 Å². The standard InChI is InChI=1S/C17H16FN3O2.ClH/c18-17-15(10-2-1-3-13(6-10)21(22)23)7-11(9-19-17)14-8-12-4-5-16(14)20-12;/h1-3,6-7,9,12,14,16,20H,4-5,8H2;1H. The van der Waals surface area contributed by atoms with Gasteiger partial charge in [-0.3, -0.25) is 10.1 Å². The van der Waals surface area contributed by atoms with Crippen molar-refractivity contribution in [2.75, 3.05) is 0 Å². The minimum absolute atomic E-state index is 0. The highest BCUT2D eigenvalue weighted by Gasteiger charge is 2.40. The Morgan fingerprint density at radius 2 is 2.12 bits per heavy atom. The van der Waals surface area contributed by atoms with E-state index in [1.165, 1.54) is 18.6 Å². The molecule has 1 aromatic heterocycles. The zero-order valence-corrected chi connectivity index (χ0v) is 13.6. The molecule has 0 aliphatic carbocycles. The van der Waals surface area contributed by atoms with Crippen molar-refractivity contribution in [3.63, 3.8) is 0 Å². The molecule has 2 aromatic rings. The molecule has 1 N–H and O–H groups in total. The number of nitrogens with zero attached hydrogens (tertiary/aromatic N) is 2. The lowest BCUT2D eigenvalue weighted by atomic mass is 9.84. The molecule has 0 radical (unpaired) electrons. The number of aromatic nitrogens is 1. The highest BCUT2D eigenvalue weighted by Crippen LogP contribution is 2.40. The summed E-state index contributed by atoms with van der Waals surface area (Å²) in [6.45, 7) is 0. The Kier molecular flexibility index (Phi) is 4.51. The summed E-state index contributed by atoms with van der Waals surface area (Å²) in [5.74, 6) is -0.246. The van der Waals surface area contributed by atoms with Gasteiger partial charge in [-0.15, -0.1) is 12.4 Å². The summed E-state index contributed by atoms with van der Waals surface area (Å²) >= 11 is 0. The van der Waals surface area contributed by atoms with E-state index in [1.54, 1.807) is 24.4 Å². The van der Waals surface area contributed by atoms with E-state index >= 15 is 0 Å². The van der Waals surface area contributed by atoms with Gasteiger partial charge in [-0.05, 0) is 36.5 Å². The number of nitro benzene ring substituents is 1. The number of nitro groups is 1. The first-order chi connectivity index (χ1) is 11.1. The van der Waals surface area contributed by atoms with Crippen molar-refractivity contribution < 1.29 is 9.31 Å². The van der Waals surface area contributed by atoms with E-state index in [9.17, 15) is 14.5 Å². The minimum Gasteiger partial charge on any atom is -0.311 e. The molecule has 3 heterocycles. The van der Waals surface area contributed by atoms with Crippen LogP contribution in [0.25, 0.3) is 11.1 Å². The lowest BCUT2D eigenvalue weighted by molar-refractivity contribution is -0.384. The quantitative estimate of drug-likeness (QED) is 0.519. The average Bonchev–Trinajstić information content (AvgIpc) is 3.18. The molecule has 4 rings (SSSR count). The topological polar surface area (TPSA) is 68.1 Å². The average molecular weight is 350 g/mol. The van der Waals surface area contributed by atoms with Gasteiger partial charge in [-0.25, -0.2) is 4.98 Å². The van der Waals surface area contributed by atoms with Gasteiger partial charge in [0.2, 0.25) is 5.95 Å². The molecular weight excluding hydrogens is 333 g/mol. The maximum Gasteiger partial charge on any atom is 0.270 e. The Morgan fingerprint density at radius 1 is 1.29 bits per heavy atom. The fourth-order valence-corrected chi connectivity index (χ4v) is 3.85. The number of halogens is 2. The summed E-state index contributed by atoms with van der Waals surface area (Å²) in [7, 11) is 0. The third-order valence-corrected chi connectivity index (χ3v) is 4.96. The molecule has 126 valence electrons. The van der Waals surface area contributed by atoms with Crippen molar-refractivity contribution in [2.45, 2.75) is 37.3 Å². The molecule has 2 saturated heterocycles. The Morgan fingerprint density at radius 3 is 2.79 bits per heavy atom. The minimum atomic E-state index is -0.592. The molecule has 7 heteroatoms. The molecule has 2 aliphatic rings. The molecule has 2 fully saturated rings. The number of fused-ring (bicyclic) bond motifs is 2. The van der Waals surface area contributed by atoms with E-state index in [0.717, 1.165) is 18.4 Å². The van der Waals surface area contributed by atoms with Crippen molar-refractivity contribution in [1.29, 1.82) is 0 Å². The van der Waals surface area contributed by atoms with Crippen molar-refractivity contribution in [3.05, 3.63) is 58.2 Å². The predicted octanol–water partition coefficient (Wildman–Crippen LogP) is 3.83. The zero-order valence-electron chi connectivity index (χ0n) is 12.8. The largest absolute Gasteiger partial charge is 0.311 e. The molecule has 2 aliphatic heterocycles. The first-order valence-electron chi connectivity index (χ1n) is 7.78. The van der Waals surface area contributed by atoms with E-state index in [-0.39, 0.29) is 18.1 Å². The Labute approximate surface area is 144 Å². The van der Waals surface area contributed by atoms with E-state index in [0.29, 0.717) is 29.1 Å². The second kappa shape index (κ2) is 6.45.